The second-order valence-corrected chi connectivity index (χ2v) is 7.21. The fraction of sp³-hybridized carbons (Fsp3) is 0.429. The third-order valence-corrected chi connectivity index (χ3v) is 5.35. The average Bonchev–Trinajstić information content (AvgIpc) is 3.09. The van der Waals surface area contributed by atoms with Gasteiger partial charge in [-0.2, -0.15) is 0 Å². The molecule has 2 aliphatic rings. The van der Waals surface area contributed by atoms with Crippen molar-refractivity contribution in [2.45, 2.75) is 25.8 Å². The normalized spacial score (nSPS) is 20.1. The van der Waals surface area contributed by atoms with Gasteiger partial charge in [-0.25, -0.2) is 0 Å². The van der Waals surface area contributed by atoms with Crippen LogP contribution < -0.4 is 10.1 Å². The number of phenols is 1. The number of carbonyl (C=O) groups excluding carboxylic acids is 1. The molecule has 2 aliphatic heterocycles. The number of hydrogen-bond donors (Lipinski definition) is 2. The quantitative estimate of drug-likeness (QED) is 0.853. The van der Waals surface area contributed by atoms with Gasteiger partial charge in [-0.3, -0.25) is 9.78 Å². The van der Waals surface area contributed by atoms with E-state index in [2.05, 4.69) is 10.3 Å². The topological polar surface area (TPSA) is 74.7 Å². The summed E-state index contributed by atoms with van der Waals surface area (Å²) < 4.78 is 5.79. The number of nitrogens with one attached hydrogen (secondary N) is 1. The van der Waals surface area contributed by atoms with E-state index in [0.717, 1.165) is 49.0 Å². The standard InChI is InChI=1S/C21H25N3O3/c25-19-12-17(16-4-2-7-23-13-16)11-18-14-24(9-10-27-20(18)19)21(26)15-3-1-6-22-8-5-15/h2,4,7,11-13,15,22,25H,1,3,5-6,8-10,14H2. The van der Waals surface area contributed by atoms with E-state index in [-0.39, 0.29) is 17.6 Å². The first-order valence-electron chi connectivity index (χ1n) is 9.61. The van der Waals surface area contributed by atoms with Gasteiger partial charge in [-0.05, 0) is 56.1 Å². The lowest BCUT2D eigenvalue weighted by Crippen LogP contribution is -2.37. The van der Waals surface area contributed by atoms with Crippen LogP contribution >= 0.6 is 0 Å². The number of ether oxygens (including phenoxy) is 1. The lowest BCUT2D eigenvalue weighted by Gasteiger charge is -2.25. The van der Waals surface area contributed by atoms with E-state index in [4.69, 9.17) is 4.74 Å². The van der Waals surface area contributed by atoms with Gasteiger partial charge in [-0.1, -0.05) is 6.07 Å². The number of fused-ring (bicyclic) bond motifs is 1. The third-order valence-electron chi connectivity index (χ3n) is 5.35. The minimum absolute atomic E-state index is 0.0663. The van der Waals surface area contributed by atoms with Gasteiger partial charge in [0, 0.05) is 36.0 Å². The molecule has 0 saturated carbocycles. The number of nitrogens with zero attached hydrogens (tertiary/aromatic N) is 2. The fourth-order valence-corrected chi connectivity index (χ4v) is 3.91. The molecule has 1 saturated heterocycles. The second kappa shape index (κ2) is 7.96. The number of rotatable bonds is 2. The van der Waals surface area contributed by atoms with Crippen LogP contribution in [0.2, 0.25) is 0 Å². The number of aromatic hydroxyl groups is 1. The summed E-state index contributed by atoms with van der Waals surface area (Å²) in [5, 5.41) is 13.8. The summed E-state index contributed by atoms with van der Waals surface area (Å²) in [4.78, 5) is 19.1. The first kappa shape index (κ1) is 17.8. The van der Waals surface area contributed by atoms with Gasteiger partial charge in [0.2, 0.25) is 5.91 Å². The monoisotopic (exact) mass is 367 g/mol. The summed E-state index contributed by atoms with van der Waals surface area (Å²) in [6.45, 7) is 3.27. The second-order valence-electron chi connectivity index (χ2n) is 7.21. The van der Waals surface area contributed by atoms with Crippen LogP contribution in [-0.2, 0) is 11.3 Å². The highest BCUT2D eigenvalue weighted by Gasteiger charge is 2.28. The smallest absolute Gasteiger partial charge is 0.226 e. The zero-order valence-corrected chi connectivity index (χ0v) is 15.4. The van der Waals surface area contributed by atoms with Gasteiger partial charge in [0.15, 0.2) is 11.5 Å². The van der Waals surface area contributed by atoms with E-state index in [1.807, 2.05) is 23.1 Å². The van der Waals surface area contributed by atoms with Crippen LogP contribution in [-0.4, -0.2) is 47.1 Å². The molecule has 6 nitrogen and oxygen atoms in total. The predicted octanol–water partition coefficient (Wildman–Crippen LogP) is 2.56. The molecule has 1 unspecified atom stereocenters. The summed E-state index contributed by atoms with van der Waals surface area (Å²) in [5.41, 5.74) is 2.63. The summed E-state index contributed by atoms with van der Waals surface area (Å²) in [6, 6.07) is 7.51. The summed E-state index contributed by atoms with van der Waals surface area (Å²) in [7, 11) is 0. The van der Waals surface area contributed by atoms with Crippen molar-refractivity contribution in [1.29, 1.82) is 0 Å². The Kier molecular flexibility index (Phi) is 5.25. The molecular weight excluding hydrogens is 342 g/mol. The zero-order chi connectivity index (χ0) is 18.6. The first-order valence-corrected chi connectivity index (χ1v) is 9.61. The Morgan fingerprint density at radius 1 is 1.26 bits per heavy atom. The van der Waals surface area contributed by atoms with Crippen molar-refractivity contribution in [1.82, 2.24) is 15.2 Å². The number of amides is 1. The van der Waals surface area contributed by atoms with Crippen LogP contribution in [0.15, 0.2) is 36.7 Å². The van der Waals surface area contributed by atoms with Crippen molar-refractivity contribution in [2.75, 3.05) is 26.2 Å². The van der Waals surface area contributed by atoms with Crippen LogP contribution in [0.1, 0.15) is 24.8 Å². The van der Waals surface area contributed by atoms with Crippen molar-refractivity contribution in [3.63, 3.8) is 0 Å². The lowest BCUT2D eigenvalue weighted by atomic mass is 9.98. The van der Waals surface area contributed by atoms with E-state index in [1.54, 1.807) is 18.5 Å². The van der Waals surface area contributed by atoms with Crippen molar-refractivity contribution in [3.05, 3.63) is 42.2 Å². The lowest BCUT2D eigenvalue weighted by molar-refractivity contribution is -0.136. The molecule has 0 spiro atoms. The molecule has 1 fully saturated rings. The molecule has 1 atom stereocenters. The van der Waals surface area contributed by atoms with Gasteiger partial charge in [0.25, 0.3) is 0 Å². The van der Waals surface area contributed by atoms with Gasteiger partial charge >= 0.3 is 0 Å². The van der Waals surface area contributed by atoms with Crippen LogP contribution in [0.4, 0.5) is 0 Å². The van der Waals surface area contributed by atoms with Gasteiger partial charge < -0.3 is 20.1 Å². The molecule has 0 aliphatic carbocycles. The molecular formula is C21H25N3O3. The highest BCUT2D eigenvalue weighted by Crippen LogP contribution is 2.37. The maximum absolute atomic E-state index is 13.1. The fourth-order valence-electron chi connectivity index (χ4n) is 3.91. The predicted molar refractivity (Wildman–Crippen MR) is 102 cm³/mol. The van der Waals surface area contributed by atoms with Crippen LogP contribution in [0.5, 0.6) is 11.5 Å². The molecule has 1 aromatic carbocycles. The maximum atomic E-state index is 13.1. The Morgan fingerprint density at radius 3 is 3.04 bits per heavy atom. The van der Waals surface area contributed by atoms with Crippen molar-refractivity contribution in [2.24, 2.45) is 5.92 Å². The van der Waals surface area contributed by atoms with Gasteiger partial charge in [0.1, 0.15) is 6.61 Å². The van der Waals surface area contributed by atoms with Gasteiger partial charge in [0.05, 0.1) is 6.54 Å². The van der Waals surface area contributed by atoms with E-state index in [1.165, 1.54) is 0 Å². The molecule has 6 heteroatoms. The third kappa shape index (κ3) is 3.90. The SMILES string of the molecule is O=C(C1CCCNCC1)N1CCOc2c(O)cc(-c3cccnc3)cc2C1. The Morgan fingerprint density at radius 2 is 2.19 bits per heavy atom. The summed E-state index contributed by atoms with van der Waals surface area (Å²) in [5.74, 6) is 0.859. The van der Waals surface area contributed by atoms with Crippen LogP contribution in [0, 0.1) is 5.92 Å². The Balaban J connectivity index is 1.60. The van der Waals surface area contributed by atoms with Crippen molar-refractivity contribution in [3.8, 4) is 22.6 Å². The minimum atomic E-state index is 0.0663. The van der Waals surface area contributed by atoms with Crippen LogP contribution in [0.25, 0.3) is 11.1 Å². The Hall–Kier alpha value is -2.60. The number of phenolic OH excluding ortho intramolecular Hbond substituents is 1. The molecule has 142 valence electrons. The molecule has 27 heavy (non-hydrogen) atoms. The van der Waals surface area contributed by atoms with Crippen molar-refractivity contribution >= 4 is 5.91 Å². The van der Waals surface area contributed by atoms with E-state index in [9.17, 15) is 9.90 Å². The highest BCUT2D eigenvalue weighted by atomic mass is 16.5. The number of aromatic nitrogens is 1. The molecule has 4 rings (SSSR count). The molecule has 2 aromatic rings. The number of pyridine rings is 1. The maximum Gasteiger partial charge on any atom is 0.226 e. The largest absolute Gasteiger partial charge is 0.504 e. The average molecular weight is 367 g/mol. The zero-order valence-electron chi connectivity index (χ0n) is 15.4. The highest BCUT2D eigenvalue weighted by molar-refractivity contribution is 5.79. The van der Waals surface area contributed by atoms with Crippen LogP contribution in [0.3, 0.4) is 0 Å². The number of benzene rings is 1. The summed E-state index contributed by atoms with van der Waals surface area (Å²) >= 11 is 0. The summed E-state index contributed by atoms with van der Waals surface area (Å²) in [6.07, 6.45) is 6.32. The van der Waals surface area contributed by atoms with Gasteiger partial charge in [-0.15, -0.1) is 0 Å². The van der Waals surface area contributed by atoms with Crippen molar-refractivity contribution < 1.29 is 14.6 Å². The number of carbonyl (C=O) groups is 1. The molecule has 0 bridgehead atoms. The Bertz CT molecular complexity index is 802. The molecule has 2 N–H and O–H groups in total. The van der Waals surface area contributed by atoms with E-state index < -0.39 is 0 Å². The molecule has 0 radical (unpaired) electrons. The molecule has 1 amide bonds. The molecule has 1 aromatic heterocycles. The Labute approximate surface area is 159 Å². The van der Waals surface area contributed by atoms with E-state index >= 15 is 0 Å². The van der Waals surface area contributed by atoms with E-state index in [0.29, 0.717) is 25.4 Å². The minimum Gasteiger partial charge on any atom is -0.504 e. The number of hydrogen-bond acceptors (Lipinski definition) is 5. The molecule has 3 heterocycles. The first-order chi connectivity index (χ1) is 13.2.